The maximum absolute atomic E-state index is 15.2. The Hall–Kier alpha value is -2.71. The molecule has 0 radical (unpaired) electrons. The molecule has 9 heteroatoms. The zero-order chi connectivity index (χ0) is 19.6. The number of anilines is 1. The van der Waals surface area contributed by atoms with Gasteiger partial charge in [0, 0.05) is 18.5 Å². The molecule has 0 saturated carbocycles. The van der Waals surface area contributed by atoms with Gasteiger partial charge < -0.3 is 9.84 Å². The number of carboxylic acid groups (broad SMARTS) is 1. The van der Waals surface area contributed by atoms with E-state index in [-0.39, 0.29) is 11.6 Å². The Morgan fingerprint density at radius 3 is 2.78 bits per heavy atom. The molecule has 0 aliphatic rings. The number of nitrogens with zero attached hydrogens (tertiary/aromatic N) is 3. The Labute approximate surface area is 163 Å². The SMILES string of the molecule is COc1ccc(Cc2nnc(N(C)C(=O)O)s2)c(F)c1-c1cccc(Cl)c1. The summed E-state index contributed by atoms with van der Waals surface area (Å²) in [4.78, 5) is 12.0. The Morgan fingerprint density at radius 1 is 1.33 bits per heavy atom. The Balaban J connectivity index is 1.98. The van der Waals surface area contributed by atoms with Crippen LogP contribution in [0, 0.1) is 5.82 Å². The molecule has 0 bridgehead atoms. The molecule has 1 amide bonds. The first-order valence-corrected chi connectivity index (χ1v) is 9.00. The minimum Gasteiger partial charge on any atom is -0.496 e. The summed E-state index contributed by atoms with van der Waals surface area (Å²) in [7, 11) is 2.85. The van der Waals surface area contributed by atoms with Gasteiger partial charge in [-0.1, -0.05) is 41.1 Å². The van der Waals surface area contributed by atoms with Gasteiger partial charge >= 0.3 is 6.09 Å². The molecule has 0 saturated heterocycles. The van der Waals surface area contributed by atoms with E-state index in [1.165, 1.54) is 14.2 Å². The molecular formula is C18H15ClFN3O3S. The molecule has 3 aromatic rings. The van der Waals surface area contributed by atoms with Crippen LogP contribution in [0.4, 0.5) is 14.3 Å². The van der Waals surface area contributed by atoms with Crippen molar-refractivity contribution >= 4 is 34.2 Å². The van der Waals surface area contributed by atoms with Crippen molar-refractivity contribution in [3.63, 3.8) is 0 Å². The average molecular weight is 408 g/mol. The maximum atomic E-state index is 15.2. The van der Waals surface area contributed by atoms with Gasteiger partial charge in [-0.15, -0.1) is 10.2 Å². The molecule has 2 aromatic carbocycles. The van der Waals surface area contributed by atoms with Gasteiger partial charge in [0.05, 0.1) is 12.7 Å². The van der Waals surface area contributed by atoms with E-state index in [0.717, 1.165) is 16.2 Å². The van der Waals surface area contributed by atoms with Gasteiger partial charge in [0.25, 0.3) is 0 Å². The molecule has 1 N–H and O–H groups in total. The summed E-state index contributed by atoms with van der Waals surface area (Å²) in [5.74, 6) is -0.0537. The number of rotatable bonds is 5. The van der Waals surface area contributed by atoms with Gasteiger partial charge in [-0.2, -0.15) is 0 Å². The number of amides is 1. The number of halogens is 2. The third-order valence-electron chi connectivity index (χ3n) is 3.89. The van der Waals surface area contributed by atoms with Crippen molar-refractivity contribution in [2.24, 2.45) is 0 Å². The number of hydrogen-bond acceptors (Lipinski definition) is 5. The predicted octanol–water partition coefficient (Wildman–Crippen LogP) is 4.71. The lowest BCUT2D eigenvalue weighted by Gasteiger charge is -2.13. The third-order valence-corrected chi connectivity index (χ3v) is 5.12. The first-order valence-electron chi connectivity index (χ1n) is 7.81. The van der Waals surface area contributed by atoms with E-state index in [9.17, 15) is 4.79 Å². The fourth-order valence-corrected chi connectivity index (χ4v) is 3.52. The number of hydrogen-bond donors (Lipinski definition) is 1. The summed E-state index contributed by atoms with van der Waals surface area (Å²) >= 11 is 7.13. The van der Waals surface area contributed by atoms with Crippen LogP contribution in [0.25, 0.3) is 11.1 Å². The Bertz CT molecular complexity index is 996. The molecular weight excluding hydrogens is 393 g/mol. The van der Waals surface area contributed by atoms with Crippen LogP contribution in [0.2, 0.25) is 5.02 Å². The van der Waals surface area contributed by atoms with E-state index < -0.39 is 11.9 Å². The summed E-state index contributed by atoms with van der Waals surface area (Å²) in [5.41, 5.74) is 1.30. The van der Waals surface area contributed by atoms with Crippen molar-refractivity contribution in [3.05, 3.63) is 57.8 Å². The maximum Gasteiger partial charge on any atom is 0.413 e. The lowest BCUT2D eigenvalue weighted by Crippen LogP contribution is -2.23. The predicted molar refractivity (Wildman–Crippen MR) is 103 cm³/mol. The van der Waals surface area contributed by atoms with Crippen molar-refractivity contribution in [1.82, 2.24) is 10.2 Å². The van der Waals surface area contributed by atoms with Gasteiger partial charge in [-0.25, -0.2) is 9.18 Å². The Morgan fingerprint density at radius 2 is 2.11 bits per heavy atom. The Kier molecular flexibility index (Phi) is 5.57. The van der Waals surface area contributed by atoms with Crippen molar-refractivity contribution < 1.29 is 19.0 Å². The van der Waals surface area contributed by atoms with Crippen LogP contribution >= 0.6 is 22.9 Å². The smallest absolute Gasteiger partial charge is 0.413 e. The summed E-state index contributed by atoms with van der Waals surface area (Å²) in [5, 5.41) is 18.0. The number of ether oxygens (including phenoxy) is 1. The van der Waals surface area contributed by atoms with Crippen LogP contribution in [-0.2, 0) is 6.42 Å². The minimum atomic E-state index is -1.14. The monoisotopic (exact) mass is 407 g/mol. The second-order valence-electron chi connectivity index (χ2n) is 5.62. The molecule has 140 valence electrons. The van der Waals surface area contributed by atoms with Gasteiger partial charge in [-0.3, -0.25) is 4.90 Å². The summed E-state index contributed by atoms with van der Waals surface area (Å²) in [6, 6.07) is 10.2. The van der Waals surface area contributed by atoms with Gasteiger partial charge in [0.2, 0.25) is 5.13 Å². The van der Waals surface area contributed by atoms with Gasteiger partial charge in [-0.05, 0) is 29.3 Å². The van der Waals surface area contributed by atoms with Gasteiger partial charge in [0.1, 0.15) is 16.6 Å². The third kappa shape index (κ3) is 4.01. The molecule has 0 atom stereocenters. The van der Waals surface area contributed by atoms with Crippen LogP contribution < -0.4 is 9.64 Å². The second-order valence-corrected chi connectivity index (χ2v) is 7.10. The first kappa shape index (κ1) is 19.1. The van der Waals surface area contributed by atoms with Crippen LogP contribution in [0.5, 0.6) is 5.75 Å². The highest BCUT2D eigenvalue weighted by Gasteiger charge is 2.19. The van der Waals surface area contributed by atoms with Crippen molar-refractivity contribution in [2.75, 3.05) is 19.1 Å². The number of methoxy groups -OCH3 is 1. The highest BCUT2D eigenvalue weighted by molar-refractivity contribution is 7.15. The summed E-state index contributed by atoms with van der Waals surface area (Å²) in [6.45, 7) is 0. The van der Waals surface area contributed by atoms with Crippen molar-refractivity contribution in [1.29, 1.82) is 0 Å². The van der Waals surface area contributed by atoms with E-state index >= 15 is 4.39 Å². The molecule has 1 aromatic heterocycles. The van der Waals surface area contributed by atoms with E-state index in [0.29, 0.717) is 32.5 Å². The fourth-order valence-electron chi connectivity index (χ4n) is 2.52. The normalized spacial score (nSPS) is 10.7. The zero-order valence-electron chi connectivity index (χ0n) is 14.4. The standard InChI is InChI=1S/C18H15ClFN3O3S/c1-23(18(24)25)17-22-21-14(27-17)9-11-6-7-13(26-2)15(16(11)20)10-4-3-5-12(19)8-10/h3-8H,9H2,1-2H3,(H,24,25). The topological polar surface area (TPSA) is 75.6 Å². The molecule has 1 heterocycles. The summed E-state index contributed by atoms with van der Waals surface area (Å²) < 4.78 is 20.6. The highest BCUT2D eigenvalue weighted by Crippen LogP contribution is 2.36. The van der Waals surface area contributed by atoms with E-state index in [2.05, 4.69) is 10.2 Å². The molecule has 3 rings (SSSR count). The lowest BCUT2D eigenvalue weighted by molar-refractivity contribution is 0.203. The molecule has 0 aliphatic heterocycles. The summed E-state index contributed by atoms with van der Waals surface area (Å²) in [6.07, 6.45) is -0.967. The second kappa shape index (κ2) is 7.89. The fraction of sp³-hybridized carbons (Fsp3) is 0.167. The molecule has 6 nitrogen and oxygen atoms in total. The molecule has 0 aliphatic carbocycles. The number of carbonyl (C=O) groups is 1. The van der Waals surface area contributed by atoms with E-state index in [1.54, 1.807) is 36.4 Å². The van der Waals surface area contributed by atoms with E-state index in [1.807, 2.05) is 0 Å². The number of aromatic nitrogens is 2. The van der Waals surface area contributed by atoms with Crippen LogP contribution in [0.3, 0.4) is 0 Å². The first-order chi connectivity index (χ1) is 12.9. The highest BCUT2D eigenvalue weighted by atomic mass is 35.5. The largest absolute Gasteiger partial charge is 0.496 e. The molecule has 0 unspecified atom stereocenters. The quantitative estimate of drug-likeness (QED) is 0.662. The van der Waals surface area contributed by atoms with Crippen molar-refractivity contribution in [2.45, 2.75) is 6.42 Å². The average Bonchev–Trinajstić information content (AvgIpc) is 3.10. The van der Waals surface area contributed by atoms with Gasteiger partial charge in [0.15, 0.2) is 0 Å². The zero-order valence-corrected chi connectivity index (χ0v) is 16.0. The van der Waals surface area contributed by atoms with E-state index in [4.69, 9.17) is 21.4 Å². The van der Waals surface area contributed by atoms with Crippen LogP contribution in [0.15, 0.2) is 36.4 Å². The molecule has 0 fully saturated rings. The van der Waals surface area contributed by atoms with Crippen molar-refractivity contribution in [3.8, 4) is 16.9 Å². The molecule has 27 heavy (non-hydrogen) atoms. The lowest BCUT2D eigenvalue weighted by atomic mass is 9.99. The minimum absolute atomic E-state index is 0.175. The van der Waals surface area contributed by atoms with Crippen LogP contribution in [-0.4, -0.2) is 35.6 Å². The number of benzene rings is 2. The molecule has 0 spiro atoms. The van der Waals surface area contributed by atoms with Crippen LogP contribution in [0.1, 0.15) is 10.6 Å².